The van der Waals surface area contributed by atoms with Crippen molar-refractivity contribution in [3.05, 3.63) is 219 Å². The van der Waals surface area contributed by atoms with Crippen molar-refractivity contribution in [3.63, 3.8) is 0 Å². The molecule has 0 saturated carbocycles. The normalized spacial score (nSPS) is 17.0. The van der Waals surface area contributed by atoms with Gasteiger partial charge in [0, 0.05) is 11.8 Å². The van der Waals surface area contributed by atoms with E-state index in [4.69, 9.17) is 0 Å². The molecule has 2 aliphatic heterocycles. The molecule has 15 rings (SSSR count). The summed E-state index contributed by atoms with van der Waals surface area (Å²) in [6, 6.07) is 64.4. The molecule has 1 nitrogen and oxygen atoms in total. The van der Waals surface area contributed by atoms with Crippen molar-refractivity contribution in [3.8, 4) is 44.5 Å². The lowest BCUT2D eigenvalue weighted by molar-refractivity contribution is 0.632. The van der Waals surface area contributed by atoms with E-state index in [9.17, 15) is 0 Å². The first kappa shape index (κ1) is 34.8. The molecular formula is C61H45NSi. The minimum atomic E-state index is -1.95. The van der Waals surface area contributed by atoms with Gasteiger partial charge >= 0.3 is 0 Å². The van der Waals surface area contributed by atoms with Crippen LogP contribution in [-0.4, -0.2) is 8.07 Å². The minimum Gasteiger partial charge on any atom is -0.310 e. The predicted molar refractivity (Wildman–Crippen MR) is 265 cm³/mol. The molecule has 298 valence electrons. The van der Waals surface area contributed by atoms with Crippen LogP contribution in [0.25, 0.3) is 55.3 Å². The average molecular weight is 820 g/mol. The van der Waals surface area contributed by atoms with Crippen LogP contribution in [0.3, 0.4) is 0 Å². The van der Waals surface area contributed by atoms with Crippen LogP contribution in [0.5, 0.6) is 0 Å². The van der Waals surface area contributed by atoms with E-state index in [1.165, 1.54) is 128 Å². The fraction of sp³-hybridized carbons (Fsp3) is 0.148. The summed E-state index contributed by atoms with van der Waals surface area (Å²) in [5, 5.41) is 6.10. The topological polar surface area (TPSA) is 3.24 Å². The Balaban J connectivity index is 1.000. The van der Waals surface area contributed by atoms with Crippen molar-refractivity contribution >= 4 is 46.3 Å². The van der Waals surface area contributed by atoms with Gasteiger partial charge in [0.05, 0.1) is 22.5 Å². The van der Waals surface area contributed by atoms with Crippen molar-refractivity contribution in [2.75, 3.05) is 4.90 Å². The highest BCUT2D eigenvalue weighted by molar-refractivity contribution is 7.03. The van der Waals surface area contributed by atoms with Gasteiger partial charge in [-0.2, -0.15) is 0 Å². The molecule has 6 aliphatic rings. The molecule has 63 heavy (non-hydrogen) atoms. The maximum absolute atomic E-state index is 2.67. The molecule has 9 aromatic carbocycles. The number of hydrogen-bond acceptors (Lipinski definition) is 1. The number of anilines is 3. The van der Waals surface area contributed by atoms with E-state index in [0.29, 0.717) is 0 Å². The summed E-state index contributed by atoms with van der Waals surface area (Å²) in [7, 11) is -1.95. The Kier molecular flexibility index (Phi) is 6.32. The van der Waals surface area contributed by atoms with Gasteiger partial charge in [-0.15, -0.1) is 0 Å². The van der Waals surface area contributed by atoms with Crippen molar-refractivity contribution < 1.29 is 0 Å². The first-order chi connectivity index (χ1) is 30.8. The maximum atomic E-state index is 2.67. The molecule has 2 heteroatoms. The predicted octanol–water partition coefficient (Wildman–Crippen LogP) is 13.8. The first-order valence-electron chi connectivity index (χ1n) is 23.0. The fourth-order valence-electron chi connectivity index (χ4n) is 14.1. The highest BCUT2D eigenvalue weighted by Gasteiger charge is 2.52. The molecule has 0 amide bonds. The van der Waals surface area contributed by atoms with Crippen LogP contribution in [0.4, 0.5) is 17.1 Å². The molecule has 0 N–H and O–H groups in total. The zero-order valence-electron chi connectivity index (χ0n) is 36.2. The second-order valence-corrected chi connectivity index (χ2v) is 24.5. The molecule has 0 aromatic heterocycles. The number of para-hydroxylation sites is 1. The summed E-state index contributed by atoms with van der Waals surface area (Å²) >= 11 is 0. The van der Waals surface area contributed by atoms with E-state index in [1.54, 1.807) is 10.4 Å². The fourth-order valence-corrected chi connectivity index (χ4v) is 17.1. The standard InChI is InChI=1S/C61H45NSi/c1-60(2)48-20-10-11-21-53(48)62(54-34-56-44(33-51(54)60)41-16-7-12-23-55(41)63(56,3)4)52-22-13-17-37-38-29-31-49-58(45(38)32-43(37)52)42-28-26-35-24-25-36-27-30-50(59(42)57(35)36)61(49)46-18-8-5-14-39(46)40-15-6-9-19-47(40)61/h5-23,26-31,33-34H,24-25,32H2,1-4H3. The molecule has 2 heterocycles. The van der Waals surface area contributed by atoms with Gasteiger partial charge in [0.1, 0.15) is 8.07 Å². The molecule has 0 unspecified atom stereocenters. The van der Waals surface area contributed by atoms with E-state index in [1.807, 2.05) is 0 Å². The van der Waals surface area contributed by atoms with Crippen molar-refractivity contribution in [2.24, 2.45) is 0 Å². The maximum Gasteiger partial charge on any atom is 0.113 e. The number of rotatable bonds is 1. The lowest BCUT2D eigenvalue weighted by Gasteiger charge is -2.43. The SMILES string of the molecule is CC1(C)c2ccccc2N(c2cccc3c2Cc2c-3ccc3c2-c2ccc4c5c(ccc(c25)C32c3ccccc3-c3ccccc32)CC4)c2cc3c(cc21)-c1ccccc1[Si]3(C)C. The van der Waals surface area contributed by atoms with Gasteiger partial charge in [-0.3, -0.25) is 0 Å². The third kappa shape index (κ3) is 3.95. The van der Waals surface area contributed by atoms with E-state index >= 15 is 0 Å². The van der Waals surface area contributed by atoms with Crippen LogP contribution in [0.15, 0.2) is 164 Å². The molecule has 0 saturated heterocycles. The van der Waals surface area contributed by atoms with Crippen molar-refractivity contribution in [1.29, 1.82) is 0 Å². The molecule has 9 aromatic rings. The van der Waals surface area contributed by atoms with Gasteiger partial charge in [0.25, 0.3) is 0 Å². The monoisotopic (exact) mass is 819 g/mol. The van der Waals surface area contributed by atoms with Crippen LogP contribution in [0.1, 0.15) is 69.5 Å². The molecular weight excluding hydrogens is 775 g/mol. The number of hydrogen-bond donors (Lipinski definition) is 0. The Labute approximate surface area is 370 Å². The Morgan fingerprint density at radius 1 is 0.413 bits per heavy atom. The number of fused-ring (bicyclic) bond motifs is 18. The molecule has 0 radical (unpaired) electrons. The van der Waals surface area contributed by atoms with Gasteiger partial charge in [0.15, 0.2) is 0 Å². The largest absolute Gasteiger partial charge is 0.310 e. The Bertz CT molecular complexity index is 3560. The number of benzene rings is 9. The lowest BCUT2D eigenvalue weighted by Crippen LogP contribution is -2.49. The van der Waals surface area contributed by atoms with Crippen LogP contribution in [-0.2, 0) is 30.1 Å². The van der Waals surface area contributed by atoms with Crippen LogP contribution in [0, 0.1) is 0 Å². The van der Waals surface area contributed by atoms with Crippen molar-refractivity contribution in [2.45, 2.75) is 57.0 Å². The molecule has 0 atom stereocenters. The first-order valence-corrected chi connectivity index (χ1v) is 26.0. The Morgan fingerprint density at radius 3 is 1.79 bits per heavy atom. The third-order valence-corrected chi connectivity index (χ3v) is 20.4. The van der Waals surface area contributed by atoms with E-state index in [2.05, 4.69) is 196 Å². The Morgan fingerprint density at radius 2 is 1.02 bits per heavy atom. The average Bonchev–Trinajstić information content (AvgIpc) is 4.05. The van der Waals surface area contributed by atoms with Gasteiger partial charge in [-0.25, -0.2) is 0 Å². The second-order valence-electron chi connectivity index (χ2n) is 20.2. The highest BCUT2D eigenvalue weighted by Crippen LogP contribution is 2.65. The summed E-state index contributed by atoms with van der Waals surface area (Å²) in [6.45, 7) is 9.99. The highest BCUT2D eigenvalue weighted by atomic mass is 28.3. The summed E-state index contributed by atoms with van der Waals surface area (Å²) in [6.07, 6.45) is 3.12. The summed E-state index contributed by atoms with van der Waals surface area (Å²) < 4.78 is 0. The summed E-state index contributed by atoms with van der Waals surface area (Å²) in [4.78, 5) is 2.67. The Hall–Kier alpha value is -6.74. The number of nitrogens with zero attached hydrogens (tertiary/aromatic N) is 1. The molecule has 4 aliphatic carbocycles. The van der Waals surface area contributed by atoms with E-state index in [0.717, 1.165) is 19.3 Å². The minimum absolute atomic E-state index is 0.170. The van der Waals surface area contributed by atoms with E-state index in [-0.39, 0.29) is 5.41 Å². The molecule has 0 fully saturated rings. The van der Waals surface area contributed by atoms with Gasteiger partial charge in [0.2, 0.25) is 0 Å². The van der Waals surface area contributed by atoms with Crippen molar-refractivity contribution in [1.82, 2.24) is 0 Å². The van der Waals surface area contributed by atoms with Crippen LogP contribution >= 0.6 is 0 Å². The third-order valence-electron chi connectivity index (χ3n) is 16.8. The molecule has 0 bridgehead atoms. The second kappa shape index (κ2) is 11.4. The zero-order chi connectivity index (χ0) is 41.7. The van der Waals surface area contributed by atoms with Gasteiger partial charge in [-0.05, 0) is 158 Å². The van der Waals surface area contributed by atoms with Gasteiger partial charge in [-0.1, -0.05) is 166 Å². The number of aryl methyl sites for hydroxylation is 2. The molecule has 1 spiro atoms. The summed E-state index contributed by atoms with van der Waals surface area (Å²) in [5.74, 6) is 0. The quantitative estimate of drug-likeness (QED) is 0.149. The van der Waals surface area contributed by atoms with E-state index < -0.39 is 13.5 Å². The lowest BCUT2D eigenvalue weighted by atomic mass is 9.60. The van der Waals surface area contributed by atoms with Crippen LogP contribution < -0.4 is 15.3 Å². The zero-order valence-corrected chi connectivity index (χ0v) is 37.2. The van der Waals surface area contributed by atoms with Crippen LogP contribution in [0.2, 0.25) is 13.1 Å². The van der Waals surface area contributed by atoms with Gasteiger partial charge < -0.3 is 4.90 Å². The smallest absolute Gasteiger partial charge is 0.113 e. The summed E-state index contributed by atoms with van der Waals surface area (Å²) in [5.41, 5.74) is 29.0.